The largest absolute Gasteiger partial charge is 0.400 e. The molecule has 0 unspecified atom stereocenters. The molecule has 72 valence electrons. The van der Waals surface area contributed by atoms with Crippen LogP contribution in [0.2, 0.25) is 0 Å². The van der Waals surface area contributed by atoms with Crippen LogP contribution in [-0.2, 0) is 4.74 Å². The van der Waals surface area contributed by atoms with Gasteiger partial charge in [0, 0.05) is 7.11 Å². The van der Waals surface area contributed by atoms with Crippen LogP contribution >= 0.6 is 0 Å². The second-order valence-electron chi connectivity index (χ2n) is 4.65. The zero-order chi connectivity index (χ0) is 9.41. The van der Waals surface area contributed by atoms with Crippen LogP contribution in [0.1, 0.15) is 40.0 Å². The lowest BCUT2D eigenvalue weighted by molar-refractivity contribution is 0.229. The average Bonchev–Trinajstić information content (AvgIpc) is 2.67. The monoisotopic (exact) mass is 172 g/mol. The first-order chi connectivity index (χ1) is 5.55. The fraction of sp³-hybridized carbons (Fsp3) is 1.00. The molecule has 0 bridgehead atoms. The molecule has 0 aromatic carbocycles. The van der Waals surface area contributed by atoms with Crippen molar-refractivity contribution < 1.29 is 9.84 Å². The van der Waals surface area contributed by atoms with E-state index >= 15 is 0 Å². The topological polar surface area (TPSA) is 32.8 Å². The van der Waals surface area contributed by atoms with Gasteiger partial charge in [0.1, 0.15) is 0 Å². The molecule has 2 rings (SSSR count). The van der Waals surface area contributed by atoms with Gasteiger partial charge in [0.25, 0.3) is 0 Å². The molecule has 0 aromatic heterocycles. The third-order valence-corrected chi connectivity index (χ3v) is 3.09. The number of hydrogen-bond donors (Lipinski definition) is 1. The number of rotatable bonds is 0. The van der Waals surface area contributed by atoms with Gasteiger partial charge in [-0.05, 0) is 31.6 Å². The van der Waals surface area contributed by atoms with Gasteiger partial charge in [-0.2, -0.15) is 0 Å². The molecule has 1 aliphatic carbocycles. The fourth-order valence-corrected chi connectivity index (χ4v) is 2.44. The predicted molar refractivity (Wildman–Crippen MR) is 49.1 cm³/mol. The molecule has 2 atom stereocenters. The minimum atomic E-state index is 0.280. The van der Waals surface area contributed by atoms with Crippen molar-refractivity contribution in [2.45, 2.75) is 51.7 Å². The van der Waals surface area contributed by atoms with Gasteiger partial charge in [-0.15, -0.1) is 0 Å². The molecule has 1 heterocycles. The Labute approximate surface area is 74.9 Å². The lowest BCUT2D eigenvalue weighted by atomic mass is 9.73. The van der Waals surface area contributed by atoms with Gasteiger partial charge in [0.2, 0.25) is 0 Å². The zero-order valence-electron chi connectivity index (χ0n) is 8.55. The summed E-state index contributed by atoms with van der Waals surface area (Å²) in [5.74, 6) is 0. The number of hydrogen-bond acceptors (Lipinski definition) is 2. The first-order valence-electron chi connectivity index (χ1n) is 4.67. The summed E-state index contributed by atoms with van der Waals surface area (Å²) in [5, 5.41) is 7.00. The highest BCUT2D eigenvalue weighted by Gasteiger charge is 2.61. The van der Waals surface area contributed by atoms with Gasteiger partial charge >= 0.3 is 0 Å². The highest BCUT2D eigenvalue weighted by atomic mass is 16.6. The van der Waals surface area contributed by atoms with Crippen molar-refractivity contribution in [3.05, 3.63) is 0 Å². The first-order valence-corrected chi connectivity index (χ1v) is 4.67. The smallest absolute Gasteiger partial charge is 0.0926 e. The van der Waals surface area contributed by atoms with Crippen LogP contribution < -0.4 is 0 Å². The number of ether oxygens (including phenoxy) is 1. The molecule has 2 nitrogen and oxygen atoms in total. The van der Waals surface area contributed by atoms with Crippen LogP contribution in [0.3, 0.4) is 0 Å². The molecular weight excluding hydrogens is 152 g/mol. The van der Waals surface area contributed by atoms with E-state index in [0.717, 1.165) is 7.11 Å². The van der Waals surface area contributed by atoms with Crippen molar-refractivity contribution in [3.8, 4) is 0 Å². The van der Waals surface area contributed by atoms with Crippen molar-refractivity contribution >= 4 is 0 Å². The molecule has 1 saturated heterocycles. The molecule has 2 aliphatic rings. The average molecular weight is 172 g/mol. The Bertz CT molecular complexity index is 165. The summed E-state index contributed by atoms with van der Waals surface area (Å²) in [5.41, 5.74) is 0.731. The third-order valence-electron chi connectivity index (χ3n) is 3.09. The molecule has 0 amide bonds. The van der Waals surface area contributed by atoms with E-state index in [-0.39, 0.29) is 5.60 Å². The first kappa shape index (κ1) is 10.0. The maximum absolute atomic E-state index is 7.00. The maximum Gasteiger partial charge on any atom is 0.0926 e. The standard InChI is InChI=1S/C9H16O.CH4O/c1-8(2)5-4-6-9(3)7(8)10-9;1-2/h7H,4-6H2,1-3H3;2H,1H3/t7-,9-;/m0./s1. The summed E-state index contributed by atoms with van der Waals surface area (Å²) < 4.78 is 5.68. The molecule has 0 aromatic rings. The van der Waals surface area contributed by atoms with Gasteiger partial charge in [-0.1, -0.05) is 13.8 Å². The minimum absolute atomic E-state index is 0.280. The normalized spacial score (nSPS) is 42.2. The maximum atomic E-state index is 7.00. The highest BCUT2D eigenvalue weighted by molar-refractivity contribution is 5.09. The predicted octanol–water partition coefficient (Wildman–Crippen LogP) is 1.96. The Morgan fingerprint density at radius 1 is 1.17 bits per heavy atom. The molecule has 12 heavy (non-hydrogen) atoms. The van der Waals surface area contributed by atoms with Crippen LogP contribution in [-0.4, -0.2) is 23.9 Å². The fourth-order valence-electron chi connectivity index (χ4n) is 2.44. The number of fused-ring (bicyclic) bond motifs is 1. The van der Waals surface area contributed by atoms with Crippen molar-refractivity contribution in [3.63, 3.8) is 0 Å². The quantitative estimate of drug-likeness (QED) is 0.567. The van der Waals surface area contributed by atoms with Crippen molar-refractivity contribution in [2.24, 2.45) is 5.41 Å². The Morgan fingerprint density at radius 2 is 1.75 bits per heavy atom. The van der Waals surface area contributed by atoms with E-state index in [1.165, 1.54) is 19.3 Å². The number of epoxide rings is 1. The van der Waals surface area contributed by atoms with Crippen molar-refractivity contribution in [1.29, 1.82) is 0 Å². The van der Waals surface area contributed by atoms with Crippen LogP contribution in [0, 0.1) is 5.41 Å². The highest BCUT2D eigenvalue weighted by Crippen LogP contribution is 2.55. The van der Waals surface area contributed by atoms with Crippen molar-refractivity contribution in [1.82, 2.24) is 0 Å². The Kier molecular flexibility index (Phi) is 2.50. The van der Waals surface area contributed by atoms with Gasteiger partial charge < -0.3 is 9.84 Å². The van der Waals surface area contributed by atoms with E-state index < -0.39 is 0 Å². The minimum Gasteiger partial charge on any atom is -0.400 e. The molecule has 1 saturated carbocycles. The van der Waals surface area contributed by atoms with Crippen LogP contribution in [0.5, 0.6) is 0 Å². The summed E-state index contributed by atoms with van der Waals surface area (Å²) in [6.07, 6.45) is 4.53. The molecule has 1 aliphatic heterocycles. The lowest BCUT2D eigenvalue weighted by Crippen LogP contribution is -2.30. The van der Waals surface area contributed by atoms with E-state index in [9.17, 15) is 0 Å². The van der Waals surface area contributed by atoms with Crippen LogP contribution in [0.15, 0.2) is 0 Å². The summed E-state index contributed by atoms with van der Waals surface area (Å²) in [6, 6.07) is 0. The molecule has 2 heteroatoms. The number of aliphatic hydroxyl groups is 1. The second kappa shape index (κ2) is 3.00. The van der Waals surface area contributed by atoms with Gasteiger partial charge in [-0.25, -0.2) is 0 Å². The molecule has 2 fully saturated rings. The Hall–Kier alpha value is -0.0800. The molecular formula is C10H20O2. The summed E-state index contributed by atoms with van der Waals surface area (Å²) >= 11 is 0. The number of aliphatic hydroxyl groups excluding tert-OH is 1. The second-order valence-corrected chi connectivity index (χ2v) is 4.65. The zero-order valence-corrected chi connectivity index (χ0v) is 8.55. The third kappa shape index (κ3) is 1.50. The van der Waals surface area contributed by atoms with E-state index in [0.29, 0.717) is 11.5 Å². The molecule has 0 spiro atoms. The van der Waals surface area contributed by atoms with Gasteiger partial charge in [0.15, 0.2) is 0 Å². The summed E-state index contributed by atoms with van der Waals surface area (Å²) in [6.45, 7) is 6.89. The SMILES string of the molecule is CC1(C)CCC[C@]2(C)O[C@@H]12.CO. The van der Waals surface area contributed by atoms with Crippen LogP contribution in [0.4, 0.5) is 0 Å². The van der Waals surface area contributed by atoms with E-state index in [2.05, 4.69) is 20.8 Å². The van der Waals surface area contributed by atoms with E-state index in [1.807, 2.05) is 0 Å². The summed E-state index contributed by atoms with van der Waals surface area (Å²) in [7, 11) is 1.00. The Morgan fingerprint density at radius 3 is 2.17 bits per heavy atom. The van der Waals surface area contributed by atoms with Gasteiger partial charge in [0.05, 0.1) is 11.7 Å². The molecule has 0 radical (unpaired) electrons. The van der Waals surface area contributed by atoms with Crippen molar-refractivity contribution in [2.75, 3.05) is 7.11 Å². The Balaban J connectivity index is 0.000000336. The van der Waals surface area contributed by atoms with E-state index in [1.54, 1.807) is 0 Å². The van der Waals surface area contributed by atoms with E-state index in [4.69, 9.17) is 9.84 Å². The summed E-state index contributed by atoms with van der Waals surface area (Å²) in [4.78, 5) is 0. The lowest BCUT2D eigenvalue weighted by Gasteiger charge is -2.28. The van der Waals surface area contributed by atoms with Crippen LogP contribution in [0.25, 0.3) is 0 Å². The van der Waals surface area contributed by atoms with Gasteiger partial charge in [-0.3, -0.25) is 0 Å². The molecule has 1 N–H and O–H groups in total.